The van der Waals surface area contributed by atoms with Crippen LogP contribution in [0.5, 0.6) is 5.75 Å². The maximum absolute atomic E-state index is 12.8. The molecule has 3 N–H and O–H groups in total. The van der Waals surface area contributed by atoms with Crippen LogP contribution in [-0.4, -0.2) is 72.4 Å². The molecule has 198 valence electrons. The van der Waals surface area contributed by atoms with Gasteiger partial charge in [-0.3, -0.25) is 9.59 Å². The van der Waals surface area contributed by atoms with E-state index in [1.54, 1.807) is 18.2 Å². The van der Waals surface area contributed by atoms with Crippen LogP contribution in [0.3, 0.4) is 0 Å². The number of benzene rings is 1. The van der Waals surface area contributed by atoms with E-state index in [0.29, 0.717) is 42.3 Å². The quantitative estimate of drug-likeness (QED) is 0.537. The van der Waals surface area contributed by atoms with Crippen LogP contribution in [0.2, 0.25) is 0 Å². The molecule has 3 heterocycles. The maximum Gasteiger partial charge on any atom is 0.259 e. The number of fused-ring (bicyclic) bond motifs is 2. The van der Waals surface area contributed by atoms with E-state index in [0.717, 1.165) is 62.2 Å². The van der Waals surface area contributed by atoms with Crippen molar-refractivity contribution in [3.05, 3.63) is 41.9 Å². The SMILES string of the molecule is COc1ccc2cc1CN(C)CCCCCCC(=O)N(C)CCCNc1ncnc3c1/C(=C/N2)C(=O)N3. The zero-order valence-corrected chi connectivity index (χ0v) is 22.0. The van der Waals surface area contributed by atoms with Crippen LogP contribution < -0.4 is 20.7 Å². The van der Waals surface area contributed by atoms with Gasteiger partial charge in [-0.2, -0.15) is 0 Å². The molecule has 4 rings (SSSR count). The second-order valence-electron chi connectivity index (χ2n) is 9.63. The summed E-state index contributed by atoms with van der Waals surface area (Å²) in [7, 11) is 5.64. The number of rotatable bonds is 1. The van der Waals surface area contributed by atoms with E-state index in [9.17, 15) is 9.59 Å². The third-order valence-electron chi connectivity index (χ3n) is 6.77. The van der Waals surface area contributed by atoms with Gasteiger partial charge in [0.05, 0.1) is 18.2 Å². The van der Waals surface area contributed by atoms with Gasteiger partial charge in [-0.25, -0.2) is 9.97 Å². The summed E-state index contributed by atoms with van der Waals surface area (Å²) >= 11 is 0. The number of ether oxygens (including phenoxy) is 1. The van der Waals surface area contributed by atoms with Crippen LogP contribution in [0.25, 0.3) is 5.57 Å². The predicted octanol–water partition coefficient (Wildman–Crippen LogP) is 3.55. The Balaban J connectivity index is 1.58. The highest BCUT2D eigenvalue weighted by molar-refractivity contribution is 6.32. The minimum Gasteiger partial charge on any atom is -0.496 e. The zero-order chi connectivity index (χ0) is 26.2. The first-order chi connectivity index (χ1) is 18.0. The fraction of sp³-hybridized carbons (Fsp3) is 0.481. The van der Waals surface area contributed by atoms with Gasteiger partial charge in [0, 0.05) is 50.6 Å². The Bertz CT molecular complexity index is 1150. The van der Waals surface area contributed by atoms with Crippen molar-refractivity contribution in [2.75, 3.05) is 56.8 Å². The first-order valence-corrected chi connectivity index (χ1v) is 12.9. The molecule has 0 spiro atoms. The monoisotopic (exact) mass is 507 g/mol. The topological polar surface area (TPSA) is 112 Å². The Morgan fingerprint density at radius 2 is 1.78 bits per heavy atom. The molecule has 2 aliphatic heterocycles. The molecule has 37 heavy (non-hydrogen) atoms. The first kappa shape index (κ1) is 26.4. The Kier molecular flexibility index (Phi) is 8.95. The Labute approximate surface area is 218 Å². The van der Waals surface area contributed by atoms with Crippen molar-refractivity contribution in [2.45, 2.75) is 45.1 Å². The molecule has 0 aliphatic carbocycles. The van der Waals surface area contributed by atoms with Crippen LogP contribution in [-0.2, 0) is 16.1 Å². The van der Waals surface area contributed by atoms with E-state index in [1.807, 2.05) is 19.2 Å². The van der Waals surface area contributed by atoms with Gasteiger partial charge in [-0.15, -0.1) is 0 Å². The molecule has 1 aromatic carbocycles. The average molecular weight is 508 g/mol. The molecule has 0 fully saturated rings. The highest BCUT2D eigenvalue weighted by Gasteiger charge is 2.29. The van der Waals surface area contributed by atoms with Crippen molar-refractivity contribution in [2.24, 2.45) is 0 Å². The lowest BCUT2D eigenvalue weighted by Crippen LogP contribution is -2.28. The molecule has 10 heteroatoms. The summed E-state index contributed by atoms with van der Waals surface area (Å²) in [6.07, 6.45) is 8.63. The van der Waals surface area contributed by atoms with E-state index in [1.165, 1.54) is 6.33 Å². The lowest BCUT2D eigenvalue weighted by molar-refractivity contribution is -0.130. The van der Waals surface area contributed by atoms with Crippen LogP contribution in [0.15, 0.2) is 30.7 Å². The fourth-order valence-electron chi connectivity index (χ4n) is 4.66. The standard InChI is InChI=1S/C27H37N7O3/c1-33-13-7-5-4-6-9-23(35)34(2)14-8-12-28-25-24-21(27(36)32-26(24)31-18-30-25)16-29-20-10-11-22(37-3)19(15-20)17-33/h10-11,15-16,18,29H,4-9,12-14,17H2,1-3H3,(H2,28,30,31,32,36)/b21-16-. The minimum atomic E-state index is -0.237. The van der Waals surface area contributed by atoms with E-state index >= 15 is 0 Å². The summed E-state index contributed by atoms with van der Waals surface area (Å²) in [5.74, 6) is 1.84. The summed E-state index contributed by atoms with van der Waals surface area (Å²) in [4.78, 5) is 38.0. The van der Waals surface area contributed by atoms with E-state index < -0.39 is 0 Å². The molecule has 2 aliphatic rings. The molecular formula is C27H37N7O3. The molecule has 0 saturated heterocycles. The molecule has 0 unspecified atom stereocenters. The Morgan fingerprint density at radius 1 is 0.973 bits per heavy atom. The number of anilines is 3. The second kappa shape index (κ2) is 12.5. The lowest BCUT2D eigenvalue weighted by Gasteiger charge is -2.20. The average Bonchev–Trinajstić information content (AvgIpc) is 3.22. The number of carbonyl (C=O) groups excluding carboxylic acids is 2. The number of hydrogen-bond donors (Lipinski definition) is 3. The molecule has 2 bridgehead atoms. The van der Waals surface area contributed by atoms with Gasteiger partial charge >= 0.3 is 0 Å². The summed E-state index contributed by atoms with van der Waals surface area (Å²) in [6.45, 7) is 2.98. The van der Waals surface area contributed by atoms with Crippen LogP contribution in [0.1, 0.15) is 49.7 Å². The first-order valence-electron chi connectivity index (χ1n) is 12.9. The molecular weight excluding hydrogens is 470 g/mol. The molecule has 1 aromatic heterocycles. The fourth-order valence-corrected chi connectivity index (χ4v) is 4.66. The highest BCUT2D eigenvalue weighted by Crippen LogP contribution is 2.35. The van der Waals surface area contributed by atoms with Gasteiger partial charge in [0.25, 0.3) is 5.91 Å². The van der Waals surface area contributed by atoms with Crippen molar-refractivity contribution in [3.63, 3.8) is 0 Å². The van der Waals surface area contributed by atoms with Gasteiger partial charge < -0.3 is 30.5 Å². The minimum absolute atomic E-state index is 0.181. The van der Waals surface area contributed by atoms with Gasteiger partial charge in [0.1, 0.15) is 23.7 Å². The van der Waals surface area contributed by atoms with Crippen LogP contribution in [0.4, 0.5) is 17.3 Å². The van der Waals surface area contributed by atoms with Crippen molar-refractivity contribution < 1.29 is 14.3 Å². The Hall–Kier alpha value is -3.66. The second-order valence-corrected chi connectivity index (χ2v) is 9.63. The number of hydrogen-bond acceptors (Lipinski definition) is 8. The zero-order valence-electron chi connectivity index (χ0n) is 22.0. The number of amides is 2. The summed E-state index contributed by atoms with van der Waals surface area (Å²) in [6, 6.07) is 5.92. The number of methoxy groups -OCH3 is 1. The molecule has 0 radical (unpaired) electrons. The van der Waals surface area contributed by atoms with Crippen molar-refractivity contribution in [1.29, 1.82) is 0 Å². The van der Waals surface area contributed by atoms with E-state index in [2.05, 4.69) is 43.9 Å². The largest absolute Gasteiger partial charge is 0.496 e. The van der Waals surface area contributed by atoms with E-state index in [4.69, 9.17) is 4.74 Å². The van der Waals surface area contributed by atoms with Crippen LogP contribution in [0, 0.1) is 0 Å². The molecule has 2 aromatic rings. The maximum atomic E-state index is 12.8. The normalized spacial score (nSPS) is 19.8. The van der Waals surface area contributed by atoms with Crippen molar-refractivity contribution >= 4 is 34.7 Å². The van der Waals surface area contributed by atoms with Gasteiger partial charge in [0.2, 0.25) is 5.91 Å². The summed E-state index contributed by atoms with van der Waals surface area (Å²) < 4.78 is 5.60. The smallest absolute Gasteiger partial charge is 0.259 e. The Morgan fingerprint density at radius 3 is 2.62 bits per heavy atom. The number of aromatic nitrogens is 2. The molecule has 10 nitrogen and oxygen atoms in total. The third-order valence-corrected chi connectivity index (χ3v) is 6.77. The molecule has 0 atom stereocenters. The van der Waals surface area contributed by atoms with Crippen molar-refractivity contribution in [3.8, 4) is 5.75 Å². The van der Waals surface area contributed by atoms with Crippen molar-refractivity contribution in [1.82, 2.24) is 19.8 Å². The predicted molar refractivity (Wildman–Crippen MR) is 145 cm³/mol. The third kappa shape index (κ3) is 6.76. The molecule has 2 amide bonds. The van der Waals surface area contributed by atoms with E-state index in [-0.39, 0.29) is 11.8 Å². The summed E-state index contributed by atoms with van der Waals surface area (Å²) in [5.41, 5.74) is 3.02. The number of carbonyl (C=O) groups is 2. The van der Waals surface area contributed by atoms with Gasteiger partial charge in [-0.1, -0.05) is 12.8 Å². The number of nitrogens with zero attached hydrogens (tertiary/aromatic N) is 4. The van der Waals surface area contributed by atoms with Gasteiger partial charge in [0.15, 0.2) is 0 Å². The summed E-state index contributed by atoms with van der Waals surface area (Å²) in [5, 5.41) is 9.42. The highest BCUT2D eigenvalue weighted by atomic mass is 16.5. The number of nitrogens with one attached hydrogen (secondary N) is 3. The molecule has 0 saturated carbocycles. The lowest BCUT2D eigenvalue weighted by atomic mass is 10.1. The van der Waals surface area contributed by atoms with Gasteiger partial charge in [-0.05, 0) is 51.1 Å². The van der Waals surface area contributed by atoms with Crippen LogP contribution >= 0.6 is 0 Å².